The van der Waals surface area contributed by atoms with E-state index in [2.05, 4.69) is 22.4 Å². The van der Waals surface area contributed by atoms with Crippen molar-refractivity contribution in [3.05, 3.63) is 53.7 Å². The van der Waals surface area contributed by atoms with Crippen molar-refractivity contribution in [1.82, 2.24) is 10.3 Å². The maximum Gasteiger partial charge on any atom is 0.217 e. The molecule has 0 saturated heterocycles. The first kappa shape index (κ1) is 16.8. The Kier molecular flexibility index (Phi) is 6.89. The lowest BCUT2D eigenvalue weighted by Gasteiger charge is -2.10. The molecule has 1 heterocycles. The molecule has 2 aromatic rings. The standard InChI is InChI=1S/C18H21N3O2/c1-22-18-16(7-5-10-21-18)14-20-13-15-6-4-8-17(12-15)23-11-3-2-9-19/h4-8,10,12,20H,2-3,11,13-14H2,1H3. The van der Waals surface area contributed by atoms with Crippen molar-refractivity contribution in [2.24, 2.45) is 0 Å². The van der Waals surface area contributed by atoms with Crippen LogP contribution in [0.15, 0.2) is 42.6 Å². The predicted octanol–water partition coefficient (Wildman–Crippen LogP) is 3.06. The van der Waals surface area contributed by atoms with E-state index in [-0.39, 0.29) is 0 Å². The normalized spacial score (nSPS) is 10.1. The average molecular weight is 311 g/mol. The summed E-state index contributed by atoms with van der Waals surface area (Å²) in [7, 11) is 1.62. The first-order valence-corrected chi connectivity index (χ1v) is 7.61. The van der Waals surface area contributed by atoms with Gasteiger partial charge in [-0.1, -0.05) is 18.2 Å². The summed E-state index contributed by atoms with van der Waals surface area (Å²) in [5.41, 5.74) is 2.17. The molecule has 0 bridgehead atoms. The van der Waals surface area contributed by atoms with Gasteiger partial charge in [-0.25, -0.2) is 4.98 Å². The number of methoxy groups -OCH3 is 1. The van der Waals surface area contributed by atoms with Crippen LogP contribution in [0.4, 0.5) is 0 Å². The molecule has 5 nitrogen and oxygen atoms in total. The summed E-state index contributed by atoms with van der Waals surface area (Å²) in [6.07, 6.45) is 2.99. The van der Waals surface area contributed by atoms with Crippen LogP contribution in [-0.2, 0) is 13.1 Å². The summed E-state index contributed by atoms with van der Waals surface area (Å²) in [4.78, 5) is 4.18. The first-order valence-electron chi connectivity index (χ1n) is 7.61. The van der Waals surface area contributed by atoms with Gasteiger partial charge in [-0.2, -0.15) is 5.26 Å². The molecule has 0 radical (unpaired) electrons. The number of hydrogen-bond donors (Lipinski definition) is 1. The monoisotopic (exact) mass is 311 g/mol. The Hall–Kier alpha value is -2.58. The zero-order valence-electron chi connectivity index (χ0n) is 13.3. The molecule has 120 valence electrons. The quantitative estimate of drug-likeness (QED) is 0.721. The minimum absolute atomic E-state index is 0.522. The van der Waals surface area contributed by atoms with Crippen LogP contribution in [-0.4, -0.2) is 18.7 Å². The molecule has 1 aromatic heterocycles. The third-order valence-electron chi connectivity index (χ3n) is 3.29. The number of aromatic nitrogens is 1. The Morgan fingerprint density at radius 1 is 1.22 bits per heavy atom. The zero-order chi connectivity index (χ0) is 16.3. The lowest BCUT2D eigenvalue weighted by molar-refractivity contribution is 0.312. The molecule has 1 aromatic carbocycles. The lowest BCUT2D eigenvalue weighted by atomic mass is 10.2. The number of unbranched alkanes of at least 4 members (excludes halogenated alkanes) is 1. The SMILES string of the molecule is COc1ncccc1CNCc1cccc(OCCCC#N)c1. The van der Waals surface area contributed by atoms with Gasteiger partial charge in [0.2, 0.25) is 5.88 Å². The molecule has 23 heavy (non-hydrogen) atoms. The second kappa shape index (κ2) is 9.44. The molecular formula is C18H21N3O2. The number of ether oxygens (including phenoxy) is 2. The van der Waals surface area contributed by atoms with Crippen molar-refractivity contribution < 1.29 is 9.47 Å². The maximum absolute atomic E-state index is 8.51. The smallest absolute Gasteiger partial charge is 0.217 e. The Bertz CT molecular complexity index is 653. The van der Waals surface area contributed by atoms with Crippen molar-refractivity contribution in [2.75, 3.05) is 13.7 Å². The summed E-state index contributed by atoms with van der Waals surface area (Å²) in [6, 6.07) is 14.0. The number of hydrogen-bond acceptors (Lipinski definition) is 5. The van der Waals surface area contributed by atoms with Gasteiger partial charge in [0.05, 0.1) is 19.8 Å². The molecule has 0 unspecified atom stereocenters. The van der Waals surface area contributed by atoms with Gasteiger partial charge in [0.15, 0.2) is 0 Å². The second-order valence-corrected chi connectivity index (χ2v) is 5.03. The van der Waals surface area contributed by atoms with Crippen molar-refractivity contribution >= 4 is 0 Å². The summed E-state index contributed by atoms with van der Waals surface area (Å²) >= 11 is 0. The number of benzene rings is 1. The number of nitriles is 1. The third kappa shape index (κ3) is 5.61. The Morgan fingerprint density at radius 3 is 2.96 bits per heavy atom. The molecule has 0 aliphatic carbocycles. The molecule has 5 heteroatoms. The highest BCUT2D eigenvalue weighted by atomic mass is 16.5. The summed E-state index contributed by atoms with van der Waals surface area (Å²) in [6.45, 7) is 1.98. The van der Waals surface area contributed by atoms with E-state index in [9.17, 15) is 0 Å². The van der Waals surface area contributed by atoms with E-state index in [1.165, 1.54) is 0 Å². The molecule has 0 saturated carbocycles. The Balaban J connectivity index is 1.82. The van der Waals surface area contributed by atoms with Gasteiger partial charge in [-0.15, -0.1) is 0 Å². The highest BCUT2D eigenvalue weighted by molar-refractivity contribution is 5.29. The van der Waals surface area contributed by atoms with Gasteiger partial charge in [-0.05, 0) is 30.2 Å². The third-order valence-corrected chi connectivity index (χ3v) is 3.29. The maximum atomic E-state index is 8.51. The van der Waals surface area contributed by atoms with Gasteiger partial charge in [0, 0.05) is 31.3 Å². The summed E-state index contributed by atoms with van der Waals surface area (Å²) in [5, 5.41) is 11.9. The first-order chi connectivity index (χ1) is 11.3. The molecule has 0 fully saturated rings. The molecule has 0 aliphatic rings. The van der Waals surface area contributed by atoms with Crippen LogP contribution >= 0.6 is 0 Å². The van der Waals surface area contributed by atoms with E-state index in [1.54, 1.807) is 13.3 Å². The Labute approximate surface area is 136 Å². The van der Waals surface area contributed by atoms with Crippen molar-refractivity contribution in [3.8, 4) is 17.7 Å². The number of pyridine rings is 1. The van der Waals surface area contributed by atoms with Gasteiger partial charge in [0.25, 0.3) is 0 Å². The van der Waals surface area contributed by atoms with Gasteiger partial charge in [-0.3, -0.25) is 0 Å². The van der Waals surface area contributed by atoms with E-state index in [0.29, 0.717) is 25.5 Å². The van der Waals surface area contributed by atoms with E-state index in [1.807, 2.05) is 30.3 Å². The minimum Gasteiger partial charge on any atom is -0.494 e. The molecule has 2 rings (SSSR count). The van der Waals surface area contributed by atoms with Crippen LogP contribution in [0, 0.1) is 11.3 Å². The molecule has 0 amide bonds. The van der Waals surface area contributed by atoms with E-state index in [0.717, 1.165) is 29.8 Å². The highest BCUT2D eigenvalue weighted by Gasteiger charge is 2.03. The van der Waals surface area contributed by atoms with Crippen LogP contribution in [0.25, 0.3) is 0 Å². The van der Waals surface area contributed by atoms with Crippen LogP contribution in [0.1, 0.15) is 24.0 Å². The van der Waals surface area contributed by atoms with Crippen molar-refractivity contribution in [1.29, 1.82) is 5.26 Å². The average Bonchev–Trinajstić information content (AvgIpc) is 2.60. The fraction of sp³-hybridized carbons (Fsp3) is 0.333. The van der Waals surface area contributed by atoms with Crippen molar-refractivity contribution in [2.45, 2.75) is 25.9 Å². The molecule has 0 atom stereocenters. The fourth-order valence-electron chi connectivity index (χ4n) is 2.17. The summed E-state index contributed by atoms with van der Waals surface area (Å²) in [5.74, 6) is 1.48. The topological polar surface area (TPSA) is 67.2 Å². The Morgan fingerprint density at radius 2 is 2.13 bits per heavy atom. The van der Waals surface area contributed by atoms with E-state index >= 15 is 0 Å². The summed E-state index contributed by atoms with van der Waals surface area (Å²) < 4.78 is 10.9. The van der Waals surface area contributed by atoms with Crippen LogP contribution in [0.3, 0.4) is 0 Å². The molecule has 0 spiro atoms. The minimum atomic E-state index is 0.522. The van der Waals surface area contributed by atoms with Gasteiger partial charge >= 0.3 is 0 Å². The molecule has 0 aliphatic heterocycles. The fourth-order valence-corrected chi connectivity index (χ4v) is 2.17. The largest absolute Gasteiger partial charge is 0.494 e. The molecule has 1 N–H and O–H groups in total. The number of rotatable bonds is 9. The predicted molar refractivity (Wildman–Crippen MR) is 88.1 cm³/mol. The zero-order valence-corrected chi connectivity index (χ0v) is 13.3. The van der Waals surface area contributed by atoms with Crippen LogP contribution < -0.4 is 14.8 Å². The van der Waals surface area contributed by atoms with Crippen molar-refractivity contribution in [3.63, 3.8) is 0 Å². The van der Waals surface area contributed by atoms with Gasteiger partial charge in [0.1, 0.15) is 5.75 Å². The highest BCUT2D eigenvalue weighted by Crippen LogP contribution is 2.15. The van der Waals surface area contributed by atoms with Crippen LogP contribution in [0.2, 0.25) is 0 Å². The van der Waals surface area contributed by atoms with Crippen LogP contribution in [0.5, 0.6) is 11.6 Å². The lowest BCUT2D eigenvalue weighted by Crippen LogP contribution is -2.13. The second-order valence-electron chi connectivity index (χ2n) is 5.03. The molecular weight excluding hydrogens is 290 g/mol. The number of nitrogens with zero attached hydrogens (tertiary/aromatic N) is 2. The van der Waals surface area contributed by atoms with E-state index in [4.69, 9.17) is 14.7 Å². The number of nitrogens with one attached hydrogen (secondary N) is 1. The van der Waals surface area contributed by atoms with Gasteiger partial charge < -0.3 is 14.8 Å². The van der Waals surface area contributed by atoms with E-state index < -0.39 is 0 Å².